The molecule has 4 aromatic rings. The van der Waals surface area contributed by atoms with E-state index in [1.165, 1.54) is 28.4 Å². The van der Waals surface area contributed by atoms with Crippen molar-refractivity contribution < 1.29 is 13.7 Å². The van der Waals surface area contributed by atoms with Gasteiger partial charge in [0.15, 0.2) is 0 Å². The third-order valence-corrected chi connectivity index (χ3v) is 8.85. The predicted octanol–water partition coefficient (Wildman–Crippen LogP) is 3.38. The van der Waals surface area contributed by atoms with Crippen LogP contribution in [0.15, 0.2) is 63.3 Å². The van der Waals surface area contributed by atoms with E-state index >= 15 is 0 Å². The van der Waals surface area contributed by atoms with E-state index in [0.717, 1.165) is 30.6 Å². The largest absolute Gasteiger partial charge is 0.364 e. The molecule has 5 rings (SSSR count). The van der Waals surface area contributed by atoms with Crippen molar-refractivity contribution >= 4 is 62.5 Å². The summed E-state index contributed by atoms with van der Waals surface area (Å²) in [5.74, 6) is -0.267. The Morgan fingerprint density at radius 3 is 2.76 bits per heavy atom. The van der Waals surface area contributed by atoms with E-state index in [9.17, 15) is 9.18 Å². The highest BCUT2D eigenvalue weighted by atomic mass is 32.2. The molecule has 0 aliphatic carbocycles. The normalized spacial score (nSPS) is 15.9. The zero-order valence-corrected chi connectivity index (χ0v) is 20.7. The van der Waals surface area contributed by atoms with Crippen molar-refractivity contribution in [3.63, 3.8) is 0 Å². The van der Waals surface area contributed by atoms with Crippen LogP contribution in [-0.4, -0.2) is 18.7 Å². The number of aryl methyl sites for hydroxylation is 1. The van der Waals surface area contributed by atoms with Gasteiger partial charge in [-0.15, -0.1) is 11.3 Å². The van der Waals surface area contributed by atoms with Gasteiger partial charge < -0.3 is 9.64 Å². The Balaban J connectivity index is 1.60. The quantitative estimate of drug-likeness (QED) is 0.405. The summed E-state index contributed by atoms with van der Waals surface area (Å²) in [5.41, 5.74) is 1.89. The van der Waals surface area contributed by atoms with Gasteiger partial charge in [-0.05, 0) is 36.4 Å². The number of aromatic nitrogens is 2. The summed E-state index contributed by atoms with van der Waals surface area (Å²) < 4.78 is 25.0. The summed E-state index contributed by atoms with van der Waals surface area (Å²) in [5, 5.41) is 1.99. The molecule has 3 heterocycles. The van der Waals surface area contributed by atoms with Crippen LogP contribution >= 0.6 is 34.4 Å². The predicted molar refractivity (Wildman–Crippen MR) is 135 cm³/mol. The van der Waals surface area contributed by atoms with Gasteiger partial charge in [-0.3, -0.25) is 9.36 Å². The molecule has 2 aromatic heterocycles. The van der Waals surface area contributed by atoms with Crippen molar-refractivity contribution in [2.75, 3.05) is 19.1 Å². The minimum atomic E-state index is -0.267. The molecular weight excluding hydrogens is 477 g/mol. The number of thioether (sulfide) groups is 1. The number of benzene rings is 2. The van der Waals surface area contributed by atoms with Crippen LogP contribution in [-0.2, 0) is 18.5 Å². The minimum absolute atomic E-state index is 0.0945. The topological polar surface area (TPSA) is 38.4 Å². The first-order chi connectivity index (χ1) is 16.0. The highest BCUT2D eigenvalue weighted by Gasteiger charge is 2.20. The van der Waals surface area contributed by atoms with Crippen molar-refractivity contribution in [2.45, 2.75) is 11.6 Å². The minimum Gasteiger partial charge on any atom is -0.364 e. The van der Waals surface area contributed by atoms with Gasteiger partial charge in [-0.25, -0.2) is 4.39 Å². The van der Waals surface area contributed by atoms with Gasteiger partial charge in [0.25, 0.3) is 10.6 Å². The lowest BCUT2D eigenvalue weighted by molar-refractivity contribution is -0.642. The van der Waals surface area contributed by atoms with Crippen LogP contribution < -0.4 is 24.2 Å². The van der Waals surface area contributed by atoms with Crippen molar-refractivity contribution in [3.05, 3.63) is 83.9 Å². The Morgan fingerprint density at radius 1 is 1.15 bits per heavy atom. The standard InChI is InChI=1S/C24H21FN3O2S3/c1-26-16-6-4-5-7-18(16)31-21(26)11-10-20-24(29)28(14-30-3)23(33-20)13-22-27(2)17-12-15(25)8-9-19(17)32-22/h4-13H,14H2,1-3H3/q+1/b20-10-,21-11-. The molecule has 0 radical (unpaired) electrons. The number of rotatable bonds is 4. The number of thiazole rings is 2. The van der Waals surface area contributed by atoms with Crippen LogP contribution in [0.5, 0.6) is 0 Å². The summed E-state index contributed by atoms with van der Waals surface area (Å²) >= 11 is 4.66. The second kappa shape index (κ2) is 8.90. The summed E-state index contributed by atoms with van der Waals surface area (Å²) in [6, 6.07) is 13.0. The highest BCUT2D eigenvalue weighted by Crippen LogP contribution is 2.44. The molecule has 0 bridgehead atoms. The van der Waals surface area contributed by atoms with Crippen LogP contribution in [0.2, 0.25) is 0 Å². The summed E-state index contributed by atoms with van der Waals surface area (Å²) in [6.45, 7) is 0.162. The fourth-order valence-corrected chi connectivity index (χ4v) is 6.86. The molecule has 0 spiro atoms. The van der Waals surface area contributed by atoms with Crippen LogP contribution in [0.1, 0.15) is 5.01 Å². The monoisotopic (exact) mass is 498 g/mol. The third-order valence-electron chi connectivity index (χ3n) is 5.42. The molecule has 0 atom stereocenters. The zero-order chi connectivity index (χ0) is 23.1. The second-order valence-electron chi connectivity index (χ2n) is 7.51. The van der Waals surface area contributed by atoms with Crippen LogP contribution in [0.3, 0.4) is 0 Å². The average Bonchev–Trinajstić information content (AvgIpc) is 3.40. The fraction of sp³-hybridized carbons (Fsp3) is 0.167. The van der Waals surface area contributed by atoms with Gasteiger partial charge in [0.1, 0.15) is 29.0 Å². The summed E-state index contributed by atoms with van der Waals surface area (Å²) in [7, 11) is 5.50. The van der Waals surface area contributed by atoms with Crippen molar-refractivity contribution in [1.82, 2.24) is 4.57 Å². The maximum Gasteiger partial charge on any atom is 0.270 e. The number of hydrogen-bond donors (Lipinski definition) is 0. The van der Waals surface area contributed by atoms with Gasteiger partial charge in [-0.2, -0.15) is 4.57 Å². The Kier molecular flexibility index (Phi) is 5.96. The lowest BCUT2D eigenvalue weighted by atomic mass is 10.3. The van der Waals surface area contributed by atoms with E-state index in [0.29, 0.717) is 4.53 Å². The molecule has 0 amide bonds. The lowest BCUT2D eigenvalue weighted by Gasteiger charge is -2.12. The zero-order valence-electron chi connectivity index (χ0n) is 18.2. The van der Waals surface area contributed by atoms with E-state index < -0.39 is 0 Å². The number of nitrogens with zero attached hydrogens (tertiary/aromatic N) is 3. The highest BCUT2D eigenvalue weighted by molar-refractivity contribution is 8.03. The van der Waals surface area contributed by atoms with Gasteiger partial charge >= 0.3 is 0 Å². The molecule has 1 aliphatic heterocycles. The van der Waals surface area contributed by atoms with Gasteiger partial charge in [-0.1, -0.05) is 35.2 Å². The maximum atomic E-state index is 13.7. The molecule has 1 aliphatic rings. The smallest absolute Gasteiger partial charge is 0.270 e. The number of anilines is 1. The Morgan fingerprint density at radius 2 is 1.97 bits per heavy atom. The first-order valence-corrected chi connectivity index (χ1v) is 12.6. The molecule has 0 saturated carbocycles. The third kappa shape index (κ3) is 4.06. The Bertz CT molecular complexity index is 1580. The first kappa shape index (κ1) is 22.1. The molecule has 2 aromatic carbocycles. The lowest BCUT2D eigenvalue weighted by Crippen LogP contribution is -2.33. The molecule has 0 saturated heterocycles. The van der Waals surface area contributed by atoms with Crippen LogP contribution in [0.25, 0.3) is 22.4 Å². The molecule has 0 unspecified atom stereocenters. The van der Waals surface area contributed by atoms with E-state index in [1.807, 2.05) is 49.0 Å². The molecule has 33 heavy (non-hydrogen) atoms. The van der Waals surface area contributed by atoms with Crippen molar-refractivity contribution in [1.29, 1.82) is 0 Å². The molecule has 0 N–H and O–H groups in total. The molecule has 168 valence electrons. The van der Waals surface area contributed by atoms with Gasteiger partial charge in [0.05, 0.1) is 21.3 Å². The number of allylic oxidation sites excluding steroid dienone is 1. The SMILES string of the molecule is COCn1c(=O)/c(=C/C=C2\Sc3ccccc3N2C)s/c1=C\c1sc2ccc(F)cc2[n+]1C. The first-order valence-electron chi connectivity index (χ1n) is 10.2. The molecule has 0 fully saturated rings. The van der Waals surface area contributed by atoms with Crippen LogP contribution in [0, 0.1) is 5.82 Å². The fourth-order valence-electron chi connectivity index (χ4n) is 3.69. The molecule has 9 heteroatoms. The maximum absolute atomic E-state index is 13.7. The average molecular weight is 499 g/mol. The number of para-hydroxylation sites is 1. The number of methoxy groups -OCH3 is 1. The Labute approximate surface area is 202 Å². The number of fused-ring (bicyclic) bond motifs is 2. The van der Waals surface area contributed by atoms with Crippen molar-refractivity contribution in [3.8, 4) is 0 Å². The number of halogens is 1. The summed E-state index contributed by atoms with van der Waals surface area (Å²) in [6.07, 6.45) is 5.83. The second-order valence-corrected chi connectivity index (χ2v) is 10.7. The molecule has 5 nitrogen and oxygen atoms in total. The molecular formula is C24H21FN3O2S3+. The van der Waals surface area contributed by atoms with Gasteiger partial charge in [0, 0.05) is 25.1 Å². The van der Waals surface area contributed by atoms with E-state index in [-0.39, 0.29) is 18.1 Å². The van der Waals surface area contributed by atoms with Crippen molar-refractivity contribution in [2.24, 2.45) is 7.05 Å². The van der Waals surface area contributed by atoms with Crippen LogP contribution in [0.4, 0.5) is 10.1 Å². The summed E-state index contributed by atoms with van der Waals surface area (Å²) in [4.78, 5) is 16.4. The Hall–Kier alpha value is -2.72. The van der Waals surface area contributed by atoms with Gasteiger partial charge in [0.2, 0.25) is 5.52 Å². The van der Waals surface area contributed by atoms with E-state index in [1.54, 1.807) is 40.8 Å². The van der Waals surface area contributed by atoms with E-state index in [4.69, 9.17) is 4.74 Å². The van der Waals surface area contributed by atoms with E-state index in [2.05, 4.69) is 17.0 Å². The number of ether oxygens (including phenoxy) is 1. The number of hydrogen-bond acceptors (Lipinski definition) is 6.